The molecule has 1 aliphatic carbocycles. The van der Waals surface area contributed by atoms with E-state index in [9.17, 15) is 9.18 Å². The Bertz CT molecular complexity index is 808. The molecule has 2 N–H and O–H groups in total. The number of halogens is 2. The Morgan fingerprint density at radius 1 is 1.44 bits per heavy atom. The molecular formula is C16H15ClFN5OS. The first-order valence-electron chi connectivity index (χ1n) is 7.79. The molecule has 2 heterocycles. The highest BCUT2D eigenvalue weighted by Crippen LogP contribution is 2.25. The van der Waals surface area contributed by atoms with Gasteiger partial charge in [0.2, 0.25) is 0 Å². The SMILES string of the molecule is N#Cc1cc(F)c(N[C@@H]2CCCC(NC(=O)c3cncs3)C2)nc1Cl. The van der Waals surface area contributed by atoms with Gasteiger partial charge < -0.3 is 10.6 Å². The molecule has 0 saturated heterocycles. The van der Waals surface area contributed by atoms with Crippen LogP contribution in [-0.2, 0) is 0 Å². The number of hydrogen-bond acceptors (Lipinski definition) is 6. The molecule has 6 nitrogen and oxygen atoms in total. The molecule has 2 aromatic rings. The monoisotopic (exact) mass is 379 g/mol. The van der Waals surface area contributed by atoms with Gasteiger partial charge in [0.1, 0.15) is 16.1 Å². The minimum Gasteiger partial charge on any atom is -0.365 e. The van der Waals surface area contributed by atoms with E-state index in [-0.39, 0.29) is 34.5 Å². The first-order chi connectivity index (χ1) is 12.1. The Kier molecular flexibility index (Phi) is 5.46. The standard InChI is InChI=1S/C16H15ClFN5OS/c17-14-9(6-19)4-12(18)15(23-14)21-10-2-1-3-11(5-10)22-16(24)13-7-20-8-25-13/h4,7-8,10-11H,1-3,5H2,(H,21,23)(H,22,24)/t10-,11?/m1/s1. The highest BCUT2D eigenvalue weighted by atomic mass is 35.5. The van der Waals surface area contributed by atoms with Crippen molar-refractivity contribution >= 4 is 34.7 Å². The number of carbonyl (C=O) groups excluding carboxylic acids is 1. The zero-order chi connectivity index (χ0) is 17.8. The number of aromatic nitrogens is 2. The number of nitrogens with zero attached hydrogens (tertiary/aromatic N) is 3. The van der Waals surface area contributed by atoms with E-state index in [2.05, 4.69) is 20.6 Å². The molecule has 0 aromatic carbocycles. The van der Waals surface area contributed by atoms with Crippen LogP contribution in [0.15, 0.2) is 17.8 Å². The van der Waals surface area contributed by atoms with Crippen molar-refractivity contribution in [2.24, 2.45) is 0 Å². The molecular weight excluding hydrogens is 365 g/mol. The van der Waals surface area contributed by atoms with E-state index in [0.717, 1.165) is 25.3 Å². The summed E-state index contributed by atoms with van der Waals surface area (Å²) in [4.78, 5) is 20.5. The Balaban J connectivity index is 1.63. The second-order valence-electron chi connectivity index (χ2n) is 5.81. The molecule has 9 heteroatoms. The maximum absolute atomic E-state index is 14.1. The third-order valence-corrected chi connectivity index (χ3v) is 5.12. The molecule has 1 unspecified atom stereocenters. The quantitative estimate of drug-likeness (QED) is 0.795. The first-order valence-corrected chi connectivity index (χ1v) is 9.04. The van der Waals surface area contributed by atoms with Crippen LogP contribution < -0.4 is 10.6 Å². The maximum Gasteiger partial charge on any atom is 0.263 e. The molecule has 1 amide bonds. The molecule has 3 rings (SSSR count). The second kappa shape index (κ2) is 7.76. The minimum absolute atomic E-state index is 0.00207. The summed E-state index contributed by atoms with van der Waals surface area (Å²) >= 11 is 7.16. The largest absolute Gasteiger partial charge is 0.365 e. The predicted octanol–water partition coefficient (Wildman–Crippen LogP) is 3.36. The van der Waals surface area contributed by atoms with Gasteiger partial charge >= 0.3 is 0 Å². The van der Waals surface area contributed by atoms with Crippen LogP contribution in [0.5, 0.6) is 0 Å². The van der Waals surface area contributed by atoms with Gasteiger partial charge in [-0.1, -0.05) is 11.6 Å². The Hall–Kier alpha value is -2.24. The lowest BCUT2D eigenvalue weighted by molar-refractivity contribution is 0.0930. The second-order valence-corrected chi connectivity index (χ2v) is 7.06. The summed E-state index contributed by atoms with van der Waals surface area (Å²) < 4.78 is 14.1. The fourth-order valence-electron chi connectivity index (χ4n) is 2.88. The Labute approximate surface area is 153 Å². The van der Waals surface area contributed by atoms with Crippen molar-refractivity contribution in [2.75, 3.05) is 5.32 Å². The molecule has 0 aliphatic heterocycles. The highest BCUT2D eigenvalue weighted by Gasteiger charge is 2.25. The summed E-state index contributed by atoms with van der Waals surface area (Å²) in [7, 11) is 0. The van der Waals surface area contributed by atoms with Gasteiger partial charge in [-0.15, -0.1) is 11.3 Å². The number of pyridine rings is 1. The van der Waals surface area contributed by atoms with Crippen LogP contribution in [0.2, 0.25) is 5.15 Å². The third kappa shape index (κ3) is 4.24. The zero-order valence-corrected chi connectivity index (χ0v) is 14.7. The molecule has 130 valence electrons. The van der Waals surface area contributed by atoms with Crippen LogP contribution in [0.1, 0.15) is 40.9 Å². The number of amides is 1. The molecule has 0 bridgehead atoms. The van der Waals surface area contributed by atoms with Crippen LogP contribution in [0.25, 0.3) is 0 Å². The van der Waals surface area contributed by atoms with Crippen LogP contribution in [0.3, 0.4) is 0 Å². The van der Waals surface area contributed by atoms with Crippen LogP contribution in [0.4, 0.5) is 10.2 Å². The van der Waals surface area contributed by atoms with Crippen molar-refractivity contribution in [1.29, 1.82) is 5.26 Å². The van der Waals surface area contributed by atoms with Gasteiger partial charge in [0.25, 0.3) is 5.91 Å². The van der Waals surface area contributed by atoms with Gasteiger partial charge in [-0.05, 0) is 31.7 Å². The number of rotatable bonds is 4. The number of nitriles is 1. The minimum atomic E-state index is -0.614. The van der Waals surface area contributed by atoms with E-state index in [0.29, 0.717) is 11.3 Å². The summed E-state index contributed by atoms with van der Waals surface area (Å²) in [5.41, 5.74) is 1.62. The van der Waals surface area contributed by atoms with Gasteiger partial charge in [-0.25, -0.2) is 9.37 Å². The fraction of sp³-hybridized carbons (Fsp3) is 0.375. The lowest BCUT2D eigenvalue weighted by Gasteiger charge is -2.30. The summed E-state index contributed by atoms with van der Waals surface area (Å²) in [5.74, 6) is -0.723. The van der Waals surface area contributed by atoms with Crippen molar-refractivity contribution in [3.8, 4) is 6.07 Å². The third-order valence-electron chi connectivity index (χ3n) is 4.06. The summed E-state index contributed by atoms with van der Waals surface area (Å²) in [6.45, 7) is 0. The number of thiazole rings is 1. The smallest absolute Gasteiger partial charge is 0.263 e. The van der Waals surface area contributed by atoms with Gasteiger partial charge in [0.15, 0.2) is 11.6 Å². The molecule has 0 radical (unpaired) electrons. The van der Waals surface area contributed by atoms with E-state index in [1.54, 1.807) is 11.6 Å². The van der Waals surface area contributed by atoms with Crippen molar-refractivity contribution in [2.45, 2.75) is 37.8 Å². The van der Waals surface area contributed by atoms with Crippen molar-refractivity contribution in [3.63, 3.8) is 0 Å². The number of nitrogens with one attached hydrogen (secondary N) is 2. The Morgan fingerprint density at radius 2 is 2.24 bits per heavy atom. The van der Waals surface area contributed by atoms with E-state index in [1.165, 1.54) is 17.5 Å². The Morgan fingerprint density at radius 3 is 2.96 bits per heavy atom. The van der Waals surface area contributed by atoms with E-state index in [4.69, 9.17) is 16.9 Å². The van der Waals surface area contributed by atoms with Crippen LogP contribution >= 0.6 is 22.9 Å². The predicted molar refractivity (Wildman–Crippen MR) is 93.2 cm³/mol. The average Bonchev–Trinajstić information content (AvgIpc) is 3.13. The van der Waals surface area contributed by atoms with Crippen molar-refractivity contribution in [3.05, 3.63) is 39.2 Å². The van der Waals surface area contributed by atoms with E-state index in [1.807, 2.05) is 0 Å². The molecule has 25 heavy (non-hydrogen) atoms. The zero-order valence-electron chi connectivity index (χ0n) is 13.1. The van der Waals surface area contributed by atoms with Gasteiger partial charge in [-0.2, -0.15) is 5.26 Å². The number of hydrogen-bond donors (Lipinski definition) is 2. The van der Waals surface area contributed by atoms with Crippen molar-refractivity contribution < 1.29 is 9.18 Å². The average molecular weight is 380 g/mol. The van der Waals surface area contributed by atoms with Gasteiger partial charge in [0.05, 0.1) is 17.3 Å². The number of carbonyl (C=O) groups is 1. The molecule has 1 fully saturated rings. The fourth-order valence-corrected chi connectivity index (χ4v) is 3.58. The summed E-state index contributed by atoms with van der Waals surface area (Å²) in [6, 6.07) is 2.83. The van der Waals surface area contributed by atoms with Crippen LogP contribution in [0, 0.1) is 17.1 Å². The normalized spacial score (nSPS) is 19.9. The molecule has 2 atom stereocenters. The summed E-state index contributed by atoms with van der Waals surface area (Å²) in [6.07, 6.45) is 4.80. The molecule has 0 spiro atoms. The molecule has 1 aliphatic rings. The molecule has 1 saturated carbocycles. The lowest BCUT2D eigenvalue weighted by atomic mass is 9.91. The van der Waals surface area contributed by atoms with E-state index >= 15 is 0 Å². The number of anilines is 1. The van der Waals surface area contributed by atoms with Gasteiger partial charge in [-0.3, -0.25) is 9.78 Å². The lowest BCUT2D eigenvalue weighted by Crippen LogP contribution is -2.41. The van der Waals surface area contributed by atoms with E-state index < -0.39 is 5.82 Å². The summed E-state index contributed by atoms with van der Waals surface area (Å²) in [5, 5.41) is 14.8. The maximum atomic E-state index is 14.1. The van der Waals surface area contributed by atoms with Crippen molar-refractivity contribution in [1.82, 2.24) is 15.3 Å². The highest BCUT2D eigenvalue weighted by molar-refractivity contribution is 7.11. The van der Waals surface area contributed by atoms with Gasteiger partial charge in [0, 0.05) is 12.1 Å². The first kappa shape index (κ1) is 17.6. The molecule has 2 aromatic heterocycles. The topological polar surface area (TPSA) is 90.7 Å². The van der Waals surface area contributed by atoms with Crippen LogP contribution in [-0.4, -0.2) is 28.0 Å².